The molecule has 3 aliphatic rings. The first-order valence-electron chi connectivity index (χ1n) is 10.7. The summed E-state index contributed by atoms with van der Waals surface area (Å²) in [5.74, 6) is 0.452. The van der Waals surface area contributed by atoms with Gasteiger partial charge in [0.15, 0.2) is 0 Å². The molecule has 2 bridgehead atoms. The third kappa shape index (κ3) is 3.26. The van der Waals surface area contributed by atoms with Gasteiger partial charge in [0, 0.05) is 31.7 Å². The van der Waals surface area contributed by atoms with Crippen LogP contribution in [-0.2, 0) is 10.0 Å². The van der Waals surface area contributed by atoms with Crippen LogP contribution in [0.1, 0.15) is 63.2 Å². The van der Waals surface area contributed by atoms with Crippen molar-refractivity contribution in [3.63, 3.8) is 0 Å². The maximum absolute atomic E-state index is 13.2. The fourth-order valence-electron chi connectivity index (χ4n) is 6.03. The average molecular weight is 420 g/mol. The lowest BCUT2D eigenvalue weighted by Gasteiger charge is -2.43. The second-order valence-electron chi connectivity index (χ2n) is 9.89. The fraction of sp³-hybridized carbons (Fsp3) is 0.682. The van der Waals surface area contributed by atoms with Crippen molar-refractivity contribution in [1.82, 2.24) is 9.62 Å². The number of fused-ring (bicyclic) bond motifs is 2. The Morgan fingerprint density at radius 3 is 2.45 bits per heavy atom. The first-order chi connectivity index (χ1) is 13.6. The van der Waals surface area contributed by atoms with Crippen LogP contribution in [0.5, 0.6) is 0 Å². The summed E-state index contributed by atoms with van der Waals surface area (Å²) in [6, 6.07) is 5.05. The first-order valence-corrected chi connectivity index (χ1v) is 12.2. The molecule has 1 saturated heterocycles. The Kier molecular flexibility index (Phi) is 4.97. The molecule has 2 saturated carbocycles. The van der Waals surface area contributed by atoms with E-state index in [1.54, 1.807) is 19.2 Å². The van der Waals surface area contributed by atoms with Crippen LogP contribution in [0.3, 0.4) is 0 Å². The quantitative estimate of drug-likeness (QED) is 0.766. The van der Waals surface area contributed by atoms with Crippen LogP contribution in [0.15, 0.2) is 23.1 Å². The normalized spacial score (nSPS) is 31.2. The largest absolute Gasteiger partial charge is 0.387 e. The van der Waals surface area contributed by atoms with Crippen molar-refractivity contribution in [1.29, 1.82) is 0 Å². The highest BCUT2D eigenvalue weighted by molar-refractivity contribution is 7.89. The van der Waals surface area contributed by atoms with Gasteiger partial charge >= 0.3 is 0 Å². The molecule has 4 rings (SSSR count). The summed E-state index contributed by atoms with van der Waals surface area (Å²) in [5.41, 5.74) is 1.11. The molecule has 1 amide bonds. The van der Waals surface area contributed by atoms with Gasteiger partial charge in [0.05, 0.1) is 5.69 Å². The molecule has 1 aromatic rings. The second kappa shape index (κ2) is 6.98. The predicted octanol–water partition coefficient (Wildman–Crippen LogP) is 3.46. The van der Waals surface area contributed by atoms with Gasteiger partial charge in [0.1, 0.15) is 4.90 Å². The van der Waals surface area contributed by atoms with Crippen molar-refractivity contribution in [2.45, 2.75) is 63.8 Å². The molecule has 0 spiro atoms. The zero-order valence-corrected chi connectivity index (χ0v) is 18.7. The van der Waals surface area contributed by atoms with Gasteiger partial charge < -0.3 is 10.6 Å². The Labute approximate surface area is 174 Å². The number of carbonyl (C=O) groups is 1. The number of nitrogens with zero attached hydrogens (tertiary/aromatic N) is 1. The third-order valence-corrected chi connectivity index (χ3v) is 9.68. The molecule has 29 heavy (non-hydrogen) atoms. The molecule has 160 valence electrons. The van der Waals surface area contributed by atoms with Gasteiger partial charge in [-0.1, -0.05) is 20.8 Å². The van der Waals surface area contributed by atoms with E-state index >= 15 is 0 Å². The van der Waals surface area contributed by atoms with Crippen molar-refractivity contribution in [3.05, 3.63) is 23.8 Å². The van der Waals surface area contributed by atoms with Gasteiger partial charge in [-0.2, -0.15) is 4.31 Å². The van der Waals surface area contributed by atoms with Crippen LogP contribution >= 0.6 is 0 Å². The average Bonchev–Trinajstić information content (AvgIpc) is 3.39. The van der Waals surface area contributed by atoms with Crippen LogP contribution in [-0.4, -0.2) is 44.8 Å². The predicted molar refractivity (Wildman–Crippen MR) is 114 cm³/mol. The van der Waals surface area contributed by atoms with Gasteiger partial charge in [-0.05, 0) is 67.1 Å². The highest BCUT2D eigenvalue weighted by atomic mass is 32.2. The minimum Gasteiger partial charge on any atom is -0.387 e. The number of anilines is 1. The van der Waals surface area contributed by atoms with Gasteiger partial charge in [-0.15, -0.1) is 0 Å². The van der Waals surface area contributed by atoms with Crippen LogP contribution in [0, 0.1) is 16.7 Å². The summed E-state index contributed by atoms with van der Waals surface area (Å²) >= 11 is 0. The third-order valence-electron chi connectivity index (χ3n) is 7.74. The van der Waals surface area contributed by atoms with Gasteiger partial charge in [0.2, 0.25) is 10.0 Å². The number of nitrogens with one attached hydrogen (secondary N) is 2. The number of benzene rings is 1. The number of rotatable bonds is 5. The minimum absolute atomic E-state index is 0.0536. The zero-order valence-electron chi connectivity index (χ0n) is 17.9. The molecule has 3 unspecified atom stereocenters. The van der Waals surface area contributed by atoms with Gasteiger partial charge in [-0.25, -0.2) is 8.42 Å². The number of sulfonamides is 1. The van der Waals surface area contributed by atoms with Crippen molar-refractivity contribution in [2.24, 2.45) is 16.7 Å². The van der Waals surface area contributed by atoms with Crippen LogP contribution in [0.2, 0.25) is 0 Å². The number of amides is 1. The van der Waals surface area contributed by atoms with Crippen molar-refractivity contribution < 1.29 is 13.2 Å². The van der Waals surface area contributed by atoms with E-state index in [9.17, 15) is 13.2 Å². The van der Waals surface area contributed by atoms with Crippen LogP contribution in [0.25, 0.3) is 0 Å². The molecular weight excluding hydrogens is 386 g/mol. The first kappa shape index (κ1) is 20.7. The molecule has 3 fully saturated rings. The van der Waals surface area contributed by atoms with Crippen molar-refractivity contribution >= 4 is 21.6 Å². The SMILES string of the molecule is CNc1ccc(C(=O)NC2C3(C)CCC(C3)C2(C)C)cc1S(=O)(=O)N1CCCC1. The summed E-state index contributed by atoms with van der Waals surface area (Å²) in [5, 5.41) is 6.24. The summed E-state index contributed by atoms with van der Waals surface area (Å²) in [6.07, 6.45) is 5.28. The minimum atomic E-state index is -3.62. The van der Waals surface area contributed by atoms with E-state index in [1.807, 2.05) is 0 Å². The standard InChI is InChI=1S/C22H33N3O3S/c1-21(2)16-9-10-22(3,14-16)20(21)24-19(26)15-7-8-17(23-4)18(13-15)29(27,28)25-11-5-6-12-25/h7-8,13,16,20,23H,5-6,9-12,14H2,1-4H3,(H,24,26). The van der Waals surface area contributed by atoms with Gasteiger partial charge in [0.25, 0.3) is 5.91 Å². The molecule has 1 aliphatic heterocycles. The molecule has 6 nitrogen and oxygen atoms in total. The molecule has 0 aromatic heterocycles. The van der Waals surface area contributed by atoms with Crippen LogP contribution in [0.4, 0.5) is 5.69 Å². The lowest BCUT2D eigenvalue weighted by molar-refractivity contribution is 0.0737. The maximum Gasteiger partial charge on any atom is 0.251 e. The Morgan fingerprint density at radius 2 is 1.86 bits per heavy atom. The summed E-state index contributed by atoms with van der Waals surface area (Å²) in [7, 11) is -1.91. The zero-order chi connectivity index (χ0) is 21.0. The lowest BCUT2D eigenvalue weighted by Crippen LogP contribution is -2.52. The van der Waals surface area contributed by atoms with Crippen LogP contribution < -0.4 is 10.6 Å². The van der Waals surface area contributed by atoms with E-state index in [2.05, 4.69) is 31.4 Å². The maximum atomic E-state index is 13.2. The Bertz CT molecular complexity index is 916. The molecule has 2 aliphatic carbocycles. The molecule has 0 radical (unpaired) electrons. The topological polar surface area (TPSA) is 78.5 Å². The molecule has 7 heteroatoms. The summed E-state index contributed by atoms with van der Waals surface area (Å²) in [6.45, 7) is 7.86. The molecule has 2 N–H and O–H groups in total. The van der Waals surface area contributed by atoms with E-state index in [0.717, 1.165) is 25.7 Å². The highest BCUT2D eigenvalue weighted by Gasteiger charge is 2.59. The molecule has 3 atom stereocenters. The molecule has 1 aromatic carbocycles. The van der Waals surface area contributed by atoms with E-state index in [1.165, 1.54) is 16.8 Å². The van der Waals surface area contributed by atoms with Crippen molar-refractivity contribution in [2.75, 3.05) is 25.5 Å². The molecular formula is C22H33N3O3S. The second-order valence-corrected chi connectivity index (χ2v) is 11.8. The molecule has 1 heterocycles. The number of hydrogen-bond acceptors (Lipinski definition) is 4. The number of carbonyl (C=O) groups excluding carboxylic acids is 1. The monoisotopic (exact) mass is 419 g/mol. The summed E-state index contributed by atoms with van der Waals surface area (Å²) in [4.78, 5) is 13.4. The lowest BCUT2D eigenvalue weighted by atomic mass is 9.68. The Morgan fingerprint density at radius 1 is 1.17 bits per heavy atom. The van der Waals surface area contributed by atoms with E-state index in [0.29, 0.717) is 30.3 Å². The van der Waals surface area contributed by atoms with Crippen molar-refractivity contribution in [3.8, 4) is 0 Å². The number of hydrogen-bond donors (Lipinski definition) is 2. The van der Waals surface area contributed by atoms with Gasteiger partial charge in [-0.3, -0.25) is 4.79 Å². The Balaban J connectivity index is 1.63. The smallest absolute Gasteiger partial charge is 0.251 e. The Hall–Kier alpha value is -1.60. The highest BCUT2D eigenvalue weighted by Crippen LogP contribution is 2.62. The van der Waals surface area contributed by atoms with E-state index < -0.39 is 10.0 Å². The summed E-state index contributed by atoms with van der Waals surface area (Å²) < 4.78 is 27.8. The van der Waals surface area contributed by atoms with E-state index in [4.69, 9.17) is 0 Å². The fourth-order valence-corrected chi connectivity index (χ4v) is 7.77. The van der Waals surface area contributed by atoms with E-state index in [-0.39, 0.29) is 27.7 Å².